The Bertz CT molecular complexity index is 814. The van der Waals surface area contributed by atoms with Gasteiger partial charge in [-0.15, -0.1) is 0 Å². The number of anilines is 1. The Kier molecular flexibility index (Phi) is 3.60. The Balaban J connectivity index is 1.83. The third kappa shape index (κ3) is 2.21. The number of fused-ring (bicyclic) bond motifs is 3. The molecule has 4 heteroatoms. The first kappa shape index (κ1) is 14.9. The molecule has 4 nitrogen and oxygen atoms in total. The van der Waals surface area contributed by atoms with Crippen LogP contribution in [-0.4, -0.2) is 18.1 Å². The van der Waals surface area contributed by atoms with E-state index in [0.717, 1.165) is 17.7 Å². The van der Waals surface area contributed by atoms with E-state index in [1.807, 2.05) is 25.3 Å². The van der Waals surface area contributed by atoms with Gasteiger partial charge < -0.3 is 10.1 Å². The SMILES string of the molecule is COC(=O)c1ccc2c(c1C)N[C@H](c1cccnc1)[C@H]1CC=C[C@@H]21. The summed E-state index contributed by atoms with van der Waals surface area (Å²) in [6.45, 7) is 1.98. The van der Waals surface area contributed by atoms with Gasteiger partial charge in [0.05, 0.1) is 18.7 Å². The van der Waals surface area contributed by atoms with Crippen molar-refractivity contribution in [2.24, 2.45) is 5.92 Å². The third-order valence-electron chi connectivity index (χ3n) is 5.25. The van der Waals surface area contributed by atoms with Gasteiger partial charge in [-0.25, -0.2) is 4.79 Å². The molecule has 3 atom stereocenters. The van der Waals surface area contributed by atoms with Crippen molar-refractivity contribution in [1.82, 2.24) is 4.98 Å². The van der Waals surface area contributed by atoms with Crippen LogP contribution in [0.5, 0.6) is 0 Å². The van der Waals surface area contributed by atoms with Crippen LogP contribution in [0.3, 0.4) is 0 Å². The van der Waals surface area contributed by atoms with Gasteiger partial charge >= 0.3 is 5.97 Å². The molecule has 2 aliphatic rings. The summed E-state index contributed by atoms with van der Waals surface area (Å²) in [5, 5.41) is 3.68. The minimum atomic E-state index is -0.292. The zero-order chi connectivity index (χ0) is 16.7. The molecule has 1 aliphatic carbocycles. The normalized spacial score (nSPS) is 24.0. The fourth-order valence-corrected chi connectivity index (χ4v) is 4.04. The minimum Gasteiger partial charge on any atom is -0.465 e. The van der Waals surface area contributed by atoms with Gasteiger partial charge in [-0.3, -0.25) is 4.98 Å². The molecule has 0 amide bonds. The summed E-state index contributed by atoms with van der Waals surface area (Å²) in [4.78, 5) is 16.3. The Morgan fingerprint density at radius 2 is 2.21 bits per heavy atom. The van der Waals surface area contributed by atoms with Crippen molar-refractivity contribution in [3.63, 3.8) is 0 Å². The molecular formula is C20H20N2O2. The van der Waals surface area contributed by atoms with E-state index in [9.17, 15) is 4.79 Å². The Morgan fingerprint density at radius 3 is 2.96 bits per heavy atom. The number of carbonyl (C=O) groups excluding carboxylic acids is 1. The lowest BCUT2D eigenvalue weighted by atomic mass is 9.76. The lowest BCUT2D eigenvalue weighted by Gasteiger charge is -2.38. The molecule has 0 bridgehead atoms. The van der Waals surface area contributed by atoms with E-state index in [1.54, 1.807) is 6.20 Å². The van der Waals surface area contributed by atoms with Crippen molar-refractivity contribution in [3.05, 3.63) is 71.1 Å². The molecule has 1 aliphatic heterocycles. The number of hydrogen-bond acceptors (Lipinski definition) is 4. The highest BCUT2D eigenvalue weighted by molar-refractivity contribution is 5.93. The van der Waals surface area contributed by atoms with Crippen molar-refractivity contribution in [2.75, 3.05) is 12.4 Å². The predicted molar refractivity (Wildman–Crippen MR) is 93.1 cm³/mol. The number of hydrogen-bond donors (Lipinski definition) is 1. The molecule has 1 N–H and O–H groups in total. The van der Waals surface area contributed by atoms with Gasteiger partial charge in [0.15, 0.2) is 0 Å². The zero-order valence-corrected chi connectivity index (χ0v) is 13.8. The van der Waals surface area contributed by atoms with Gasteiger partial charge in [0.2, 0.25) is 0 Å². The van der Waals surface area contributed by atoms with Gasteiger partial charge in [0.25, 0.3) is 0 Å². The Morgan fingerprint density at radius 1 is 1.33 bits per heavy atom. The van der Waals surface area contributed by atoms with Crippen molar-refractivity contribution < 1.29 is 9.53 Å². The molecular weight excluding hydrogens is 300 g/mol. The number of nitrogens with one attached hydrogen (secondary N) is 1. The summed E-state index contributed by atoms with van der Waals surface area (Å²) in [6, 6.07) is 8.23. The van der Waals surface area contributed by atoms with E-state index in [4.69, 9.17) is 4.74 Å². The monoisotopic (exact) mass is 320 g/mol. The number of esters is 1. The second-order valence-electron chi connectivity index (χ2n) is 6.46. The maximum atomic E-state index is 12.0. The maximum absolute atomic E-state index is 12.0. The third-order valence-corrected chi connectivity index (χ3v) is 5.25. The molecule has 0 unspecified atom stereocenters. The van der Waals surface area contributed by atoms with Crippen molar-refractivity contribution in [2.45, 2.75) is 25.3 Å². The number of rotatable bonds is 2. The van der Waals surface area contributed by atoms with Crippen LogP contribution in [0.4, 0.5) is 5.69 Å². The average molecular weight is 320 g/mol. The minimum absolute atomic E-state index is 0.192. The highest BCUT2D eigenvalue weighted by Crippen LogP contribution is 2.50. The predicted octanol–water partition coefficient (Wildman–Crippen LogP) is 4.00. The average Bonchev–Trinajstić information content (AvgIpc) is 3.11. The smallest absolute Gasteiger partial charge is 0.338 e. The van der Waals surface area contributed by atoms with E-state index < -0.39 is 0 Å². The van der Waals surface area contributed by atoms with Gasteiger partial charge in [0, 0.05) is 24.0 Å². The molecule has 2 heterocycles. The summed E-state index contributed by atoms with van der Waals surface area (Å²) in [5.74, 6) is 0.557. The number of methoxy groups -OCH3 is 1. The largest absolute Gasteiger partial charge is 0.465 e. The fraction of sp³-hybridized carbons (Fsp3) is 0.300. The zero-order valence-electron chi connectivity index (χ0n) is 13.8. The number of carbonyl (C=O) groups is 1. The maximum Gasteiger partial charge on any atom is 0.338 e. The number of pyridine rings is 1. The molecule has 1 aromatic carbocycles. The molecule has 0 spiro atoms. The highest BCUT2D eigenvalue weighted by atomic mass is 16.5. The van der Waals surface area contributed by atoms with Crippen LogP contribution in [0.2, 0.25) is 0 Å². The van der Waals surface area contributed by atoms with Crippen molar-refractivity contribution in [1.29, 1.82) is 0 Å². The first-order chi connectivity index (χ1) is 11.7. The summed E-state index contributed by atoms with van der Waals surface area (Å²) < 4.78 is 4.92. The molecule has 0 saturated carbocycles. The molecule has 122 valence electrons. The first-order valence-corrected chi connectivity index (χ1v) is 8.25. The molecule has 4 rings (SSSR count). The fourth-order valence-electron chi connectivity index (χ4n) is 4.04. The van der Waals surface area contributed by atoms with E-state index in [0.29, 0.717) is 17.4 Å². The number of nitrogens with zero attached hydrogens (tertiary/aromatic N) is 1. The standard InChI is InChI=1S/C20H20N2O2/c1-12-14(20(23)24-2)8-9-17-15-6-3-7-16(15)19(22-18(12)17)13-5-4-10-21-11-13/h3-6,8-11,15-16,19,22H,7H2,1-2H3/t15-,16+,19-/m1/s1. The number of aromatic nitrogens is 1. The number of allylic oxidation sites excluding steroid dienone is 2. The van der Waals surface area contributed by atoms with Gasteiger partial charge in [0.1, 0.15) is 0 Å². The van der Waals surface area contributed by atoms with Gasteiger partial charge in [-0.05, 0) is 48.1 Å². The quantitative estimate of drug-likeness (QED) is 0.671. The van der Waals surface area contributed by atoms with Crippen LogP contribution in [0, 0.1) is 12.8 Å². The van der Waals surface area contributed by atoms with Gasteiger partial charge in [-0.2, -0.15) is 0 Å². The molecule has 1 aromatic heterocycles. The lowest BCUT2D eigenvalue weighted by molar-refractivity contribution is 0.0600. The molecule has 0 radical (unpaired) electrons. The Labute approximate surface area is 141 Å². The van der Waals surface area contributed by atoms with E-state index in [2.05, 4.69) is 34.6 Å². The molecule has 24 heavy (non-hydrogen) atoms. The highest BCUT2D eigenvalue weighted by Gasteiger charge is 2.39. The molecule has 0 saturated heterocycles. The van der Waals surface area contributed by atoms with Crippen molar-refractivity contribution >= 4 is 11.7 Å². The van der Waals surface area contributed by atoms with Crippen LogP contribution >= 0.6 is 0 Å². The second-order valence-corrected chi connectivity index (χ2v) is 6.46. The summed E-state index contributed by atoms with van der Waals surface area (Å²) in [7, 11) is 1.42. The van der Waals surface area contributed by atoms with Crippen LogP contribution < -0.4 is 5.32 Å². The van der Waals surface area contributed by atoms with Crippen molar-refractivity contribution in [3.8, 4) is 0 Å². The topological polar surface area (TPSA) is 51.2 Å². The van der Waals surface area contributed by atoms with E-state index in [1.165, 1.54) is 18.2 Å². The van der Waals surface area contributed by atoms with E-state index in [-0.39, 0.29) is 12.0 Å². The molecule has 2 aromatic rings. The number of benzene rings is 1. The van der Waals surface area contributed by atoms with Gasteiger partial charge in [-0.1, -0.05) is 24.3 Å². The van der Waals surface area contributed by atoms with Crippen LogP contribution in [0.25, 0.3) is 0 Å². The summed E-state index contributed by atoms with van der Waals surface area (Å²) >= 11 is 0. The Hall–Kier alpha value is -2.62. The summed E-state index contributed by atoms with van der Waals surface area (Å²) in [6.07, 6.45) is 9.33. The van der Waals surface area contributed by atoms with E-state index >= 15 is 0 Å². The molecule has 0 fully saturated rings. The summed E-state index contributed by atoms with van der Waals surface area (Å²) in [5.41, 5.74) is 5.07. The van der Waals surface area contributed by atoms with Crippen LogP contribution in [0.15, 0.2) is 48.8 Å². The van der Waals surface area contributed by atoms with Crippen LogP contribution in [-0.2, 0) is 4.74 Å². The van der Waals surface area contributed by atoms with Crippen LogP contribution in [0.1, 0.15) is 45.4 Å². The number of ether oxygens (including phenoxy) is 1. The second kappa shape index (κ2) is 5.78. The lowest BCUT2D eigenvalue weighted by Crippen LogP contribution is -2.30. The first-order valence-electron chi connectivity index (χ1n) is 8.25.